The van der Waals surface area contributed by atoms with Gasteiger partial charge >= 0.3 is 6.03 Å². The lowest BCUT2D eigenvalue weighted by Gasteiger charge is -2.07. The third kappa shape index (κ3) is 3.65. The number of nitrogens with zero attached hydrogens (tertiary/aromatic N) is 2. The number of rotatable bonds is 3. The van der Waals surface area contributed by atoms with Crippen molar-refractivity contribution in [3.8, 4) is 0 Å². The number of anilines is 2. The summed E-state index contributed by atoms with van der Waals surface area (Å²) in [5.74, 6) is 0. The summed E-state index contributed by atoms with van der Waals surface area (Å²) in [6, 6.07) is 5.06. The summed E-state index contributed by atoms with van der Waals surface area (Å²) >= 11 is 7.63. The fourth-order valence-corrected chi connectivity index (χ4v) is 2.39. The van der Waals surface area contributed by atoms with Crippen LogP contribution in [0.1, 0.15) is 0 Å². The molecule has 0 aliphatic carbocycles. The Hall–Kier alpha value is -1.66. The van der Waals surface area contributed by atoms with E-state index < -0.39 is 0 Å². The molecule has 2 rings (SSSR count). The molecule has 0 spiro atoms. The maximum atomic E-state index is 11.7. The number of benzene rings is 1. The first kappa shape index (κ1) is 13.8. The highest BCUT2D eigenvalue weighted by atomic mass is 35.5. The Morgan fingerprint density at radius 2 is 2.11 bits per heavy atom. The van der Waals surface area contributed by atoms with Gasteiger partial charge in [0.15, 0.2) is 0 Å². The van der Waals surface area contributed by atoms with Gasteiger partial charge in [0.05, 0.1) is 16.9 Å². The van der Waals surface area contributed by atoms with Gasteiger partial charge in [-0.3, -0.25) is 4.68 Å². The van der Waals surface area contributed by atoms with E-state index in [-0.39, 0.29) is 6.03 Å². The van der Waals surface area contributed by atoms with E-state index in [9.17, 15) is 4.79 Å². The van der Waals surface area contributed by atoms with Crippen molar-refractivity contribution in [2.75, 3.05) is 16.9 Å². The monoisotopic (exact) mass is 296 g/mol. The fraction of sp³-hybridized carbons (Fsp3) is 0.167. The molecule has 0 radical (unpaired) electrons. The van der Waals surface area contributed by atoms with Crippen molar-refractivity contribution >= 4 is 40.8 Å². The molecule has 0 aliphatic heterocycles. The molecule has 7 heteroatoms. The number of hydrogen-bond acceptors (Lipinski definition) is 3. The van der Waals surface area contributed by atoms with Crippen LogP contribution in [0.25, 0.3) is 0 Å². The summed E-state index contributed by atoms with van der Waals surface area (Å²) in [6.45, 7) is 0. The molecule has 0 saturated heterocycles. The second-order valence-electron chi connectivity index (χ2n) is 3.83. The lowest BCUT2D eigenvalue weighted by atomic mass is 10.3. The standard InChI is InChI=1S/C12H13ClN4OS/c1-17-7-9(6-14-17)16-12(18)15-8-3-4-11(19-2)10(13)5-8/h3-7H,1-2H3,(H2,15,16,18). The minimum absolute atomic E-state index is 0.332. The molecular weight excluding hydrogens is 284 g/mol. The van der Waals surface area contributed by atoms with Crippen LogP contribution in [0, 0.1) is 0 Å². The van der Waals surface area contributed by atoms with Gasteiger partial charge in [-0.2, -0.15) is 5.10 Å². The van der Waals surface area contributed by atoms with Crippen molar-refractivity contribution in [3.05, 3.63) is 35.6 Å². The zero-order valence-electron chi connectivity index (χ0n) is 10.5. The number of carbonyl (C=O) groups excluding carboxylic acids is 1. The van der Waals surface area contributed by atoms with E-state index in [0.29, 0.717) is 16.4 Å². The zero-order chi connectivity index (χ0) is 13.8. The van der Waals surface area contributed by atoms with Crippen molar-refractivity contribution in [1.29, 1.82) is 0 Å². The van der Waals surface area contributed by atoms with E-state index in [4.69, 9.17) is 11.6 Å². The fourth-order valence-electron chi connectivity index (χ4n) is 1.52. The summed E-state index contributed by atoms with van der Waals surface area (Å²) in [5.41, 5.74) is 1.27. The molecule has 2 N–H and O–H groups in total. The highest BCUT2D eigenvalue weighted by Crippen LogP contribution is 2.27. The second-order valence-corrected chi connectivity index (χ2v) is 5.09. The number of urea groups is 1. The number of hydrogen-bond donors (Lipinski definition) is 2. The highest BCUT2D eigenvalue weighted by molar-refractivity contribution is 7.98. The van der Waals surface area contributed by atoms with Gasteiger partial charge in [-0.05, 0) is 24.5 Å². The van der Waals surface area contributed by atoms with Crippen LogP contribution in [0.5, 0.6) is 0 Å². The van der Waals surface area contributed by atoms with Crippen LogP contribution in [-0.2, 0) is 7.05 Å². The predicted octanol–water partition coefficient (Wildman–Crippen LogP) is 3.44. The number of aryl methyl sites for hydroxylation is 1. The van der Waals surface area contributed by atoms with Crippen LogP contribution in [0.15, 0.2) is 35.5 Å². The largest absolute Gasteiger partial charge is 0.323 e. The van der Waals surface area contributed by atoms with Crippen LogP contribution in [-0.4, -0.2) is 22.1 Å². The van der Waals surface area contributed by atoms with Crippen molar-refractivity contribution in [3.63, 3.8) is 0 Å². The van der Waals surface area contributed by atoms with Crippen LogP contribution < -0.4 is 10.6 Å². The molecule has 1 aromatic carbocycles. The Labute approximate surface area is 120 Å². The topological polar surface area (TPSA) is 59.0 Å². The third-order valence-corrected chi connectivity index (χ3v) is 3.59. The maximum Gasteiger partial charge on any atom is 0.323 e. The Kier molecular flexibility index (Phi) is 4.34. The summed E-state index contributed by atoms with van der Waals surface area (Å²) in [6.07, 6.45) is 5.23. The number of nitrogens with one attached hydrogen (secondary N) is 2. The Morgan fingerprint density at radius 1 is 1.37 bits per heavy atom. The summed E-state index contributed by atoms with van der Waals surface area (Å²) in [7, 11) is 1.78. The Morgan fingerprint density at radius 3 is 2.68 bits per heavy atom. The lowest BCUT2D eigenvalue weighted by molar-refractivity contribution is 0.262. The number of halogens is 1. The molecule has 5 nitrogen and oxygen atoms in total. The SMILES string of the molecule is CSc1ccc(NC(=O)Nc2cnn(C)c2)cc1Cl. The third-order valence-electron chi connectivity index (χ3n) is 2.37. The van der Waals surface area contributed by atoms with Crippen LogP contribution in [0.2, 0.25) is 5.02 Å². The first-order valence-electron chi connectivity index (χ1n) is 5.48. The maximum absolute atomic E-state index is 11.7. The molecule has 0 unspecified atom stereocenters. The van der Waals surface area contributed by atoms with Gasteiger partial charge < -0.3 is 10.6 Å². The van der Waals surface area contributed by atoms with Crippen LogP contribution in [0.4, 0.5) is 16.2 Å². The number of aromatic nitrogens is 2. The smallest absolute Gasteiger partial charge is 0.308 e. The molecule has 0 fully saturated rings. The molecule has 1 aromatic heterocycles. The van der Waals surface area contributed by atoms with Gasteiger partial charge in [0.2, 0.25) is 0 Å². The van der Waals surface area contributed by atoms with E-state index in [1.165, 1.54) is 0 Å². The zero-order valence-corrected chi connectivity index (χ0v) is 12.0. The molecule has 19 heavy (non-hydrogen) atoms. The molecule has 0 atom stereocenters. The quantitative estimate of drug-likeness (QED) is 0.853. The van der Waals surface area contributed by atoms with Crippen LogP contribution in [0.3, 0.4) is 0 Å². The van der Waals surface area contributed by atoms with Crippen molar-refractivity contribution in [2.24, 2.45) is 7.05 Å². The van der Waals surface area contributed by atoms with Gasteiger partial charge in [-0.1, -0.05) is 11.6 Å². The minimum atomic E-state index is -0.332. The first-order chi connectivity index (χ1) is 9.08. The average molecular weight is 297 g/mol. The van der Waals surface area contributed by atoms with Gasteiger partial charge in [0.1, 0.15) is 0 Å². The number of thioether (sulfide) groups is 1. The van der Waals surface area contributed by atoms with E-state index >= 15 is 0 Å². The molecule has 0 saturated carbocycles. The molecule has 2 aromatic rings. The van der Waals surface area contributed by atoms with E-state index in [0.717, 1.165) is 4.90 Å². The Balaban J connectivity index is 2.00. The van der Waals surface area contributed by atoms with Gasteiger partial charge in [0, 0.05) is 23.8 Å². The van der Waals surface area contributed by atoms with Crippen LogP contribution >= 0.6 is 23.4 Å². The van der Waals surface area contributed by atoms with Gasteiger partial charge in [0.25, 0.3) is 0 Å². The summed E-state index contributed by atoms with van der Waals surface area (Å²) < 4.78 is 1.61. The molecule has 1 heterocycles. The molecule has 2 amide bonds. The van der Waals surface area contributed by atoms with Crippen molar-refractivity contribution < 1.29 is 4.79 Å². The first-order valence-corrected chi connectivity index (χ1v) is 7.09. The van der Waals surface area contributed by atoms with E-state index in [1.54, 1.807) is 48.0 Å². The number of carbonyl (C=O) groups is 1. The normalized spacial score (nSPS) is 10.3. The predicted molar refractivity (Wildman–Crippen MR) is 79.1 cm³/mol. The number of amides is 2. The second kappa shape index (κ2) is 5.99. The Bertz CT molecular complexity index is 599. The summed E-state index contributed by atoms with van der Waals surface area (Å²) in [4.78, 5) is 12.7. The minimum Gasteiger partial charge on any atom is -0.308 e. The van der Waals surface area contributed by atoms with Gasteiger partial charge in [-0.15, -0.1) is 11.8 Å². The molecule has 100 valence electrons. The molecule has 0 bridgehead atoms. The van der Waals surface area contributed by atoms with E-state index in [1.807, 2.05) is 12.3 Å². The molecular formula is C12H13ClN4OS. The highest BCUT2D eigenvalue weighted by Gasteiger charge is 2.06. The average Bonchev–Trinajstić information content (AvgIpc) is 2.74. The van der Waals surface area contributed by atoms with E-state index in [2.05, 4.69) is 15.7 Å². The lowest BCUT2D eigenvalue weighted by Crippen LogP contribution is -2.19. The van der Waals surface area contributed by atoms with Crippen molar-refractivity contribution in [2.45, 2.75) is 4.90 Å². The van der Waals surface area contributed by atoms with Gasteiger partial charge in [-0.25, -0.2) is 4.79 Å². The molecule has 0 aliphatic rings. The van der Waals surface area contributed by atoms with Crippen molar-refractivity contribution in [1.82, 2.24) is 9.78 Å². The summed E-state index contributed by atoms with van der Waals surface area (Å²) in [5, 5.41) is 9.97.